The molecule has 0 saturated heterocycles. The maximum Gasteiger partial charge on any atom is 0.312 e. The number of aliphatic hydroxyl groups is 1. The van der Waals surface area contributed by atoms with E-state index in [1.54, 1.807) is 6.92 Å². The number of carbonyl (C=O) groups is 1. The molecule has 0 amide bonds. The standard InChI is InChI=1S/C14H26O3/c1-5-7-13(4,11(15)16)14(17)9-6-8-12(2,3)10-14/h17H,5-10H2,1-4H3,(H,15,16). The third kappa shape index (κ3) is 2.65. The van der Waals surface area contributed by atoms with Gasteiger partial charge in [-0.1, -0.05) is 33.6 Å². The Hall–Kier alpha value is -0.570. The molecule has 3 nitrogen and oxygen atoms in total. The zero-order chi connectivity index (χ0) is 13.3. The topological polar surface area (TPSA) is 57.5 Å². The van der Waals surface area contributed by atoms with Crippen LogP contribution in [0.15, 0.2) is 0 Å². The second kappa shape index (κ2) is 4.60. The highest BCUT2D eigenvalue weighted by molar-refractivity contribution is 5.76. The normalized spacial score (nSPS) is 31.8. The van der Waals surface area contributed by atoms with E-state index >= 15 is 0 Å². The van der Waals surface area contributed by atoms with Crippen LogP contribution in [0.4, 0.5) is 0 Å². The van der Waals surface area contributed by atoms with Crippen LogP contribution in [0, 0.1) is 10.8 Å². The molecule has 0 aromatic rings. The lowest BCUT2D eigenvalue weighted by Gasteiger charge is -2.49. The van der Waals surface area contributed by atoms with Gasteiger partial charge in [0.1, 0.15) is 0 Å². The van der Waals surface area contributed by atoms with E-state index in [1.165, 1.54) is 0 Å². The lowest BCUT2D eigenvalue weighted by atomic mass is 9.58. The SMILES string of the molecule is CCCC(C)(C(=O)O)C1(O)CCCC(C)(C)C1. The molecule has 3 heteroatoms. The largest absolute Gasteiger partial charge is 0.481 e. The molecule has 1 rings (SSSR count). The van der Waals surface area contributed by atoms with Crippen LogP contribution in [0.2, 0.25) is 0 Å². The Bertz CT molecular complexity index is 298. The fraction of sp³-hybridized carbons (Fsp3) is 0.929. The second-order valence-corrected chi connectivity index (χ2v) is 6.61. The summed E-state index contributed by atoms with van der Waals surface area (Å²) in [6.07, 6.45) is 4.50. The van der Waals surface area contributed by atoms with Gasteiger partial charge in [-0.2, -0.15) is 0 Å². The summed E-state index contributed by atoms with van der Waals surface area (Å²) in [7, 11) is 0. The van der Waals surface area contributed by atoms with Crippen LogP contribution in [0.3, 0.4) is 0 Å². The maximum absolute atomic E-state index is 11.6. The maximum atomic E-state index is 11.6. The number of rotatable bonds is 4. The second-order valence-electron chi connectivity index (χ2n) is 6.61. The highest BCUT2D eigenvalue weighted by Crippen LogP contribution is 2.51. The molecule has 0 heterocycles. The van der Waals surface area contributed by atoms with Gasteiger partial charge in [-0.05, 0) is 38.0 Å². The fourth-order valence-corrected chi connectivity index (χ4v) is 3.34. The molecule has 0 aliphatic heterocycles. The summed E-state index contributed by atoms with van der Waals surface area (Å²) < 4.78 is 0. The monoisotopic (exact) mass is 242 g/mol. The summed E-state index contributed by atoms with van der Waals surface area (Å²) in [6, 6.07) is 0. The van der Waals surface area contributed by atoms with E-state index in [0.29, 0.717) is 19.3 Å². The number of aliphatic carboxylic acids is 1. The van der Waals surface area contributed by atoms with Gasteiger partial charge in [-0.15, -0.1) is 0 Å². The molecule has 0 spiro atoms. The van der Waals surface area contributed by atoms with E-state index in [4.69, 9.17) is 0 Å². The van der Waals surface area contributed by atoms with Crippen molar-refractivity contribution in [2.75, 3.05) is 0 Å². The number of hydrogen-bond acceptors (Lipinski definition) is 2. The summed E-state index contributed by atoms with van der Waals surface area (Å²) in [6.45, 7) is 7.91. The van der Waals surface area contributed by atoms with Crippen molar-refractivity contribution in [1.29, 1.82) is 0 Å². The molecular weight excluding hydrogens is 216 g/mol. The summed E-state index contributed by atoms with van der Waals surface area (Å²) in [4.78, 5) is 11.6. The first-order valence-electron chi connectivity index (χ1n) is 6.63. The van der Waals surface area contributed by atoms with Crippen molar-refractivity contribution in [2.45, 2.75) is 71.8 Å². The Morgan fingerprint density at radius 2 is 1.94 bits per heavy atom. The van der Waals surface area contributed by atoms with E-state index in [9.17, 15) is 15.0 Å². The van der Waals surface area contributed by atoms with Crippen LogP contribution in [0.25, 0.3) is 0 Å². The molecule has 0 bridgehead atoms. The predicted octanol–water partition coefficient (Wildman–Crippen LogP) is 3.21. The summed E-state index contributed by atoms with van der Waals surface area (Å²) in [5, 5.41) is 20.3. The van der Waals surface area contributed by atoms with Crippen molar-refractivity contribution in [2.24, 2.45) is 10.8 Å². The number of hydrogen-bond donors (Lipinski definition) is 2. The van der Waals surface area contributed by atoms with E-state index in [2.05, 4.69) is 13.8 Å². The van der Waals surface area contributed by atoms with Crippen molar-refractivity contribution in [1.82, 2.24) is 0 Å². The molecule has 0 radical (unpaired) electrons. The molecule has 2 N–H and O–H groups in total. The molecule has 2 unspecified atom stereocenters. The first-order valence-corrected chi connectivity index (χ1v) is 6.63. The molecule has 100 valence electrons. The fourth-order valence-electron chi connectivity index (χ4n) is 3.34. The first-order chi connectivity index (χ1) is 7.67. The van der Waals surface area contributed by atoms with Crippen LogP contribution in [0.1, 0.15) is 66.2 Å². The average Bonchev–Trinajstić information content (AvgIpc) is 2.15. The minimum atomic E-state index is -1.06. The Morgan fingerprint density at radius 3 is 2.35 bits per heavy atom. The highest BCUT2D eigenvalue weighted by atomic mass is 16.4. The van der Waals surface area contributed by atoms with Crippen molar-refractivity contribution in [3.8, 4) is 0 Å². The van der Waals surface area contributed by atoms with Gasteiger partial charge in [0.2, 0.25) is 0 Å². The molecule has 0 aromatic carbocycles. The van der Waals surface area contributed by atoms with Gasteiger partial charge in [0.15, 0.2) is 0 Å². The Labute approximate surface area is 104 Å². The van der Waals surface area contributed by atoms with Crippen molar-refractivity contribution in [3.63, 3.8) is 0 Å². The Kier molecular flexibility index (Phi) is 3.92. The van der Waals surface area contributed by atoms with Gasteiger partial charge in [-0.3, -0.25) is 4.79 Å². The lowest BCUT2D eigenvalue weighted by molar-refractivity contribution is -0.179. The van der Waals surface area contributed by atoms with E-state index in [1.807, 2.05) is 6.92 Å². The molecule has 2 atom stereocenters. The Morgan fingerprint density at radius 1 is 1.35 bits per heavy atom. The molecule has 1 fully saturated rings. The lowest BCUT2D eigenvalue weighted by Crippen LogP contribution is -2.55. The third-order valence-corrected chi connectivity index (χ3v) is 4.46. The molecule has 0 aromatic heterocycles. The smallest absolute Gasteiger partial charge is 0.312 e. The zero-order valence-corrected chi connectivity index (χ0v) is 11.5. The van der Waals surface area contributed by atoms with Gasteiger partial charge in [0, 0.05) is 0 Å². The van der Waals surface area contributed by atoms with Gasteiger partial charge in [0.05, 0.1) is 11.0 Å². The van der Waals surface area contributed by atoms with Gasteiger partial charge in [0.25, 0.3) is 0 Å². The minimum Gasteiger partial charge on any atom is -0.481 e. The van der Waals surface area contributed by atoms with Crippen LogP contribution in [0.5, 0.6) is 0 Å². The van der Waals surface area contributed by atoms with Crippen LogP contribution < -0.4 is 0 Å². The minimum absolute atomic E-state index is 0.0391. The molecule has 17 heavy (non-hydrogen) atoms. The van der Waals surface area contributed by atoms with Gasteiger partial charge >= 0.3 is 5.97 Å². The summed E-state index contributed by atoms with van der Waals surface area (Å²) in [5.41, 5.74) is -2.03. The van der Waals surface area contributed by atoms with E-state index < -0.39 is 17.0 Å². The summed E-state index contributed by atoms with van der Waals surface area (Å²) in [5.74, 6) is -0.862. The average molecular weight is 242 g/mol. The Balaban J connectivity index is 3.04. The predicted molar refractivity (Wildman–Crippen MR) is 67.8 cm³/mol. The third-order valence-electron chi connectivity index (χ3n) is 4.46. The van der Waals surface area contributed by atoms with E-state index in [-0.39, 0.29) is 5.41 Å². The molecular formula is C14H26O3. The highest BCUT2D eigenvalue weighted by Gasteiger charge is 2.54. The van der Waals surface area contributed by atoms with Gasteiger partial charge < -0.3 is 10.2 Å². The summed E-state index contributed by atoms with van der Waals surface area (Å²) >= 11 is 0. The van der Waals surface area contributed by atoms with Crippen LogP contribution in [-0.4, -0.2) is 21.8 Å². The van der Waals surface area contributed by atoms with E-state index in [0.717, 1.165) is 19.3 Å². The number of carboxylic acid groups (broad SMARTS) is 1. The van der Waals surface area contributed by atoms with Crippen molar-refractivity contribution < 1.29 is 15.0 Å². The molecule has 1 aliphatic carbocycles. The van der Waals surface area contributed by atoms with Crippen molar-refractivity contribution in [3.05, 3.63) is 0 Å². The number of carboxylic acids is 1. The molecule has 1 saturated carbocycles. The molecule has 1 aliphatic rings. The van der Waals surface area contributed by atoms with Crippen LogP contribution in [-0.2, 0) is 4.79 Å². The zero-order valence-electron chi connectivity index (χ0n) is 11.5. The van der Waals surface area contributed by atoms with Gasteiger partial charge in [-0.25, -0.2) is 0 Å². The van der Waals surface area contributed by atoms with Crippen LogP contribution >= 0.6 is 0 Å². The van der Waals surface area contributed by atoms with Crippen molar-refractivity contribution >= 4 is 5.97 Å². The quantitative estimate of drug-likeness (QED) is 0.796. The first kappa shape index (κ1) is 14.5.